The van der Waals surface area contributed by atoms with Crippen LogP contribution in [0.1, 0.15) is 84.5 Å². The van der Waals surface area contributed by atoms with Gasteiger partial charge in [0.2, 0.25) is 0 Å². The molecule has 0 saturated carbocycles. The maximum Gasteiger partial charge on any atom is 0.0218 e. The summed E-state index contributed by atoms with van der Waals surface area (Å²) in [5.41, 5.74) is 6.05. The molecule has 1 heterocycles. The van der Waals surface area contributed by atoms with Crippen molar-refractivity contribution in [2.24, 2.45) is 11.7 Å². The third kappa shape index (κ3) is 7.08. The lowest BCUT2D eigenvalue weighted by atomic mass is 9.96. The van der Waals surface area contributed by atoms with Crippen LogP contribution in [0.2, 0.25) is 0 Å². The fourth-order valence-corrected chi connectivity index (χ4v) is 3.68. The second-order valence-corrected chi connectivity index (χ2v) is 6.71. The lowest BCUT2D eigenvalue weighted by molar-refractivity contribution is 0.191. The first kappa shape index (κ1) is 18.0. The number of hydrogen-bond donors (Lipinski definition) is 1. The third-order valence-corrected chi connectivity index (χ3v) is 5.01. The quantitative estimate of drug-likeness (QED) is 0.594. The third-order valence-electron chi connectivity index (χ3n) is 5.01. The zero-order valence-electron chi connectivity index (χ0n) is 14.1. The second-order valence-electron chi connectivity index (χ2n) is 6.71. The molecule has 0 bridgehead atoms. The van der Waals surface area contributed by atoms with Gasteiger partial charge in [-0.05, 0) is 44.7 Å². The smallest absolute Gasteiger partial charge is 0.0218 e. The Morgan fingerprint density at radius 2 is 1.80 bits per heavy atom. The van der Waals surface area contributed by atoms with Gasteiger partial charge in [-0.2, -0.15) is 0 Å². The molecule has 1 aliphatic rings. The molecular weight excluding hydrogens is 244 g/mol. The minimum atomic E-state index is 0.650. The molecule has 0 spiro atoms. The van der Waals surface area contributed by atoms with Gasteiger partial charge < -0.3 is 5.73 Å². The number of unbranched alkanes of at least 4 members (excludes halogenated alkanes) is 4. The topological polar surface area (TPSA) is 29.3 Å². The summed E-state index contributed by atoms with van der Waals surface area (Å²) in [7, 11) is 0. The van der Waals surface area contributed by atoms with Crippen molar-refractivity contribution in [2.45, 2.75) is 90.5 Å². The molecule has 2 atom stereocenters. The number of nitrogens with zero attached hydrogens (tertiary/aromatic N) is 1. The molecule has 20 heavy (non-hydrogen) atoms. The van der Waals surface area contributed by atoms with Crippen molar-refractivity contribution >= 4 is 0 Å². The van der Waals surface area contributed by atoms with E-state index in [4.69, 9.17) is 5.73 Å². The van der Waals surface area contributed by atoms with E-state index in [1.54, 1.807) is 0 Å². The summed E-state index contributed by atoms with van der Waals surface area (Å²) in [5.74, 6) is 0.980. The molecule has 2 heteroatoms. The van der Waals surface area contributed by atoms with Crippen LogP contribution in [0.4, 0.5) is 0 Å². The fourth-order valence-electron chi connectivity index (χ4n) is 3.68. The Labute approximate surface area is 127 Å². The summed E-state index contributed by atoms with van der Waals surface area (Å²) in [6.07, 6.45) is 15.2. The normalized spacial score (nSPS) is 22.6. The van der Waals surface area contributed by atoms with Crippen molar-refractivity contribution in [1.29, 1.82) is 0 Å². The van der Waals surface area contributed by atoms with Gasteiger partial charge in [0.25, 0.3) is 0 Å². The van der Waals surface area contributed by atoms with E-state index >= 15 is 0 Å². The SMILES string of the molecule is CCCCCCCC(CN)N1CCCC(CCC)CC1. The molecule has 1 aliphatic heterocycles. The van der Waals surface area contributed by atoms with Gasteiger partial charge in [-0.15, -0.1) is 0 Å². The van der Waals surface area contributed by atoms with Crippen LogP contribution in [-0.4, -0.2) is 30.6 Å². The molecular formula is C18H38N2. The molecule has 2 N–H and O–H groups in total. The van der Waals surface area contributed by atoms with Crippen molar-refractivity contribution in [2.75, 3.05) is 19.6 Å². The first-order valence-corrected chi connectivity index (χ1v) is 9.25. The average Bonchev–Trinajstić information content (AvgIpc) is 2.69. The van der Waals surface area contributed by atoms with Crippen LogP contribution in [0.15, 0.2) is 0 Å². The highest BCUT2D eigenvalue weighted by atomic mass is 15.2. The van der Waals surface area contributed by atoms with Crippen molar-refractivity contribution in [3.63, 3.8) is 0 Å². The van der Waals surface area contributed by atoms with Gasteiger partial charge in [0.1, 0.15) is 0 Å². The molecule has 0 aromatic rings. The Hall–Kier alpha value is -0.0800. The van der Waals surface area contributed by atoms with Gasteiger partial charge in [0.15, 0.2) is 0 Å². The first-order chi connectivity index (χ1) is 9.81. The van der Waals surface area contributed by atoms with E-state index in [0.29, 0.717) is 6.04 Å². The van der Waals surface area contributed by atoms with E-state index in [0.717, 1.165) is 12.5 Å². The number of rotatable bonds is 10. The zero-order valence-corrected chi connectivity index (χ0v) is 14.1. The monoisotopic (exact) mass is 282 g/mol. The Morgan fingerprint density at radius 1 is 1.00 bits per heavy atom. The van der Waals surface area contributed by atoms with Crippen molar-refractivity contribution in [3.05, 3.63) is 0 Å². The van der Waals surface area contributed by atoms with E-state index in [1.807, 2.05) is 0 Å². The Kier molecular flexibility index (Phi) is 10.4. The maximum atomic E-state index is 6.05. The minimum Gasteiger partial charge on any atom is -0.329 e. The van der Waals surface area contributed by atoms with Crippen molar-refractivity contribution in [3.8, 4) is 0 Å². The summed E-state index contributed by atoms with van der Waals surface area (Å²) < 4.78 is 0. The van der Waals surface area contributed by atoms with Crippen LogP contribution < -0.4 is 5.73 Å². The average molecular weight is 283 g/mol. The second kappa shape index (κ2) is 11.6. The van der Waals surface area contributed by atoms with Gasteiger partial charge in [-0.25, -0.2) is 0 Å². The molecule has 1 fully saturated rings. The van der Waals surface area contributed by atoms with E-state index in [1.165, 1.54) is 83.7 Å². The van der Waals surface area contributed by atoms with Crippen LogP contribution in [-0.2, 0) is 0 Å². The summed E-state index contributed by atoms with van der Waals surface area (Å²) in [6, 6.07) is 0.650. The molecule has 2 unspecified atom stereocenters. The number of likely N-dealkylation sites (tertiary alicyclic amines) is 1. The van der Waals surface area contributed by atoms with Crippen LogP contribution in [0.25, 0.3) is 0 Å². The van der Waals surface area contributed by atoms with Gasteiger partial charge in [-0.3, -0.25) is 4.90 Å². The predicted molar refractivity (Wildman–Crippen MR) is 90.0 cm³/mol. The predicted octanol–water partition coefficient (Wildman–Crippen LogP) is 4.58. The standard InChI is InChI=1S/C18H38N2/c1-3-5-6-7-8-12-18(16-19)20-14-9-11-17(10-4-2)13-15-20/h17-18H,3-16,19H2,1-2H3. The van der Waals surface area contributed by atoms with Gasteiger partial charge in [-0.1, -0.05) is 58.8 Å². The van der Waals surface area contributed by atoms with E-state index < -0.39 is 0 Å². The highest BCUT2D eigenvalue weighted by molar-refractivity contribution is 4.77. The van der Waals surface area contributed by atoms with E-state index in [2.05, 4.69) is 18.7 Å². The highest BCUT2D eigenvalue weighted by Gasteiger charge is 2.21. The fraction of sp³-hybridized carbons (Fsp3) is 1.00. The van der Waals surface area contributed by atoms with Crippen molar-refractivity contribution in [1.82, 2.24) is 4.90 Å². The van der Waals surface area contributed by atoms with Crippen LogP contribution in [0.5, 0.6) is 0 Å². The highest BCUT2D eigenvalue weighted by Crippen LogP contribution is 2.24. The van der Waals surface area contributed by atoms with E-state index in [9.17, 15) is 0 Å². The van der Waals surface area contributed by atoms with Crippen molar-refractivity contribution < 1.29 is 0 Å². The molecule has 2 nitrogen and oxygen atoms in total. The summed E-state index contributed by atoms with van der Waals surface area (Å²) >= 11 is 0. The first-order valence-electron chi connectivity index (χ1n) is 9.25. The van der Waals surface area contributed by atoms with Gasteiger partial charge in [0, 0.05) is 12.6 Å². The Balaban J connectivity index is 2.26. The maximum absolute atomic E-state index is 6.05. The molecule has 1 rings (SSSR count). The summed E-state index contributed by atoms with van der Waals surface area (Å²) in [6.45, 7) is 8.04. The number of hydrogen-bond acceptors (Lipinski definition) is 2. The summed E-state index contributed by atoms with van der Waals surface area (Å²) in [5, 5.41) is 0. The lowest BCUT2D eigenvalue weighted by Gasteiger charge is -2.30. The Bertz CT molecular complexity index is 217. The molecule has 0 amide bonds. The summed E-state index contributed by atoms with van der Waals surface area (Å²) in [4.78, 5) is 2.70. The lowest BCUT2D eigenvalue weighted by Crippen LogP contribution is -2.41. The Morgan fingerprint density at radius 3 is 2.50 bits per heavy atom. The molecule has 0 aromatic carbocycles. The van der Waals surface area contributed by atoms with Gasteiger partial charge in [0.05, 0.1) is 0 Å². The van der Waals surface area contributed by atoms with Crippen LogP contribution in [0, 0.1) is 5.92 Å². The minimum absolute atomic E-state index is 0.650. The molecule has 120 valence electrons. The largest absolute Gasteiger partial charge is 0.329 e. The zero-order chi connectivity index (χ0) is 14.6. The molecule has 0 aliphatic carbocycles. The molecule has 1 saturated heterocycles. The molecule has 0 radical (unpaired) electrons. The van der Waals surface area contributed by atoms with Crippen LogP contribution >= 0.6 is 0 Å². The molecule has 0 aromatic heterocycles. The van der Waals surface area contributed by atoms with Gasteiger partial charge >= 0.3 is 0 Å². The van der Waals surface area contributed by atoms with Crippen LogP contribution in [0.3, 0.4) is 0 Å². The van der Waals surface area contributed by atoms with E-state index in [-0.39, 0.29) is 0 Å². The number of nitrogens with two attached hydrogens (primary N) is 1.